The molecule has 0 spiro atoms. The molecule has 29 heavy (non-hydrogen) atoms. The molecule has 0 aliphatic heterocycles. The quantitative estimate of drug-likeness (QED) is 0.571. The number of ether oxygens (including phenoxy) is 1. The molecule has 2 aromatic carbocycles. The van der Waals surface area contributed by atoms with E-state index >= 15 is 0 Å². The van der Waals surface area contributed by atoms with Gasteiger partial charge in [-0.25, -0.2) is 0 Å². The molecule has 0 saturated heterocycles. The van der Waals surface area contributed by atoms with Crippen LogP contribution >= 0.6 is 0 Å². The van der Waals surface area contributed by atoms with E-state index in [0.717, 1.165) is 36.1 Å². The van der Waals surface area contributed by atoms with Gasteiger partial charge in [0, 0.05) is 42.0 Å². The number of benzene rings is 2. The van der Waals surface area contributed by atoms with Gasteiger partial charge in [0.1, 0.15) is 5.75 Å². The fourth-order valence-electron chi connectivity index (χ4n) is 4.47. The van der Waals surface area contributed by atoms with Gasteiger partial charge >= 0.3 is 0 Å². The van der Waals surface area contributed by atoms with Gasteiger partial charge in [-0.2, -0.15) is 0 Å². The van der Waals surface area contributed by atoms with Crippen LogP contribution in [0.1, 0.15) is 42.7 Å². The molecule has 1 aromatic heterocycles. The van der Waals surface area contributed by atoms with Gasteiger partial charge in [-0.3, -0.25) is 4.79 Å². The summed E-state index contributed by atoms with van der Waals surface area (Å²) in [4.78, 5) is 16.0. The first kappa shape index (κ1) is 19.5. The number of hydrogen-bond donors (Lipinski definition) is 3. The molecule has 0 radical (unpaired) electrons. The molecule has 1 fully saturated rings. The maximum Gasteiger partial charge on any atom is 0.220 e. The number of amides is 1. The molecular formula is C24H29N3O2. The van der Waals surface area contributed by atoms with Crippen LogP contribution in [0.15, 0.2) is 54.7 Å². The van der Waals surface area contributed by atoms with Gasteiger partial charge in [-0.1, -0.05) is 36.8 Å². The number of nitrogens with one attached hydrogen (secondary N) is 2. The van der Waals surface area contributed by atoms with E-state index in [1.54, 1.807) is 7.11 Å². The second-order valence-electron chi connectivity index (χ2n) is 7.98. The Hall–Kier alpha value is -2.79. The molecule has 3 atom stereocenters. The molecule has 4 N–H and O–H groups in total. The zero-order valence-corrected chi connectivity index (χ0v) is 16.9. The molecule has 1 aliphatic carbocycles. The van der Waals surface area contributed by atoms with E-state index in [-0.39, 0.29) is 17.9 Å². The van der Waals surface area contributed by atoms with Crippen molar-refractivity contribution in [2.75, 3.05) is 13.7 Å². The minimum absolute atomic E-state index is 0.0539. The lowest BCUT2D eigenvalue weighted by Crippen LogP contribution is -2.33. The molecule has 0 bridgehead atoms. The number of nitrogens with two attached hydrogens (primary N) is 1. The summed E-state index contributed by atoms with van der Waals surface area (Å²) in [6, 6.07) is 16.5. The second-order valence-corrected chi connectivity index (χ2v) is 7.98. The van der Waals surface area contributed by atoms with Crippen LogP contribution < -0.4 is 15.8 Å². The smallest absolute Gasteiger partial charge is 0.220 e. The minimum atomic E-state index is 0.0539. The molecule has 1 unspecified atom stereocenters. The third-order valence-corrected chi connectivity index (χ3v) is 6.18. The van der Waals surface area contributed by atoms with Crippen molar-refractivity contribution in [3.8, 4) is 5.75 Å². The Balaban J connectivity index is 1.55. The Labute approximate surface area is 171 Å². The summed E-state index contributed by atoms with van der Waals surface area (Å²) in [6.07, 6.45) is 5.78. The zero-order valence-electron chi connectivity index (χ0n) is 16.9. The average Bonchev–Trinajstić information content (AvgIpc) is 3.35. The molecule has 4 rings (SSSR count). The van der Waals surface area contributed by atoms with Crippen LogP contribution in [0.5, 0.6) is 5.75 Å². The van der Waals surface area contributed by atoms with Crippen LogP contribution in [0.3, 0.4) is 0 Å². The first-order valence-corrected chi connectivity index (χ1v) is 10.4. The molecule has 5 heteroatoms. The van der Waals surface area contributed by atoms with E-state index in [1.165, 1.54) is 10.9 Å². The first-order valence-electron chi connectivity index (χ1n) is 10.4. The number of methoxy groups -OCH3 is 1. The maximum absolute atomic E-state index is 12.6. The summed E-state index contributed by atoms with van der Waals surface area (Å²) >= 11 is 0. The van der Waals surface area contributed by atoms with Crippen molar-refractivity contribution in [3.63, 3.8) is 0 Å². The van der Waals surface area contributed by atoms with E-state index in [2.05, 4.69) is 40.8 Å². The number of hydrogen-bond acceptors (Lipinski definition) is 3. The van der Waals surface area contributed by atoms with Crippen LogP contribution in [0.25, 0.3) is 10.9 Å². The van der Waals surface area contributed by atoms with Crippen LogP contribution in [-0.2, 0) is 4.79 Å². The van der Waals surface area contributed by atoms with Crippen molar-refractivity contribution < 1.29 is 9.53 Å². The number of aromatic amines is 1. The first-order chi connectivity index (χ1) is 14.2. The van der Waals surface area contributed by atoms with Crippen molar-refractivity contribution >= 4 is 16.8 Å². The van der Waals surface area contributed by atoms with Gasteiger partial charge in [0.15, 0.2) is 0 Å². The number of carbonyl (C=O) groups excluding carboxylic acids is 1. The number of fused-ring (bicyclic) bond motifs is 1. The van der Waals surface area contributed by atoms with Crippen molar-refractivity contribution in [2.24, 2.45) is 11.7 Å². The number of H-pyrrole nitrogens is 1. The van der Waals surface area contributed by atoms with Gasteiger partial charge in [0.25, 0.3) is 0 Å². The van der Waals surface area contributed by atoms with Gasteiger partial charge in [-0.05, 0) is 48.1 Å². The Morgan fingerprint density at radius 3 is 2.72 bits per heavy atom. The lowest BCUT2D eigenvalue weighted by atomic mass is 9.90. The highest BCUT2D eigenvalue weighted by molar-refractivity contribution is 5.84. The Bertz CT molecular complexity index is 964. The second kappa shape index (κ2) is 8.70. The van der Waals surface area contributed by atoms with Crippen molar-refractivity contribution in [1.29, 1.82) is 0 Å². The minimum Gasteiger partial charge on any atom is -0.497 e. The molecule has 1 heterocycles. The van der Waals surface area contributed by atoms with Crippen molar-refractivity contribution in [2.45, 2.75) is 37.6 Å². The van der Waals surface area contributed by atoms with Crippen LogP contribution in [-0.4, -0.2) is 30.6 Å². The van der Waals surface area contributed by atoms with E-state index in [9.17, 15) is 4.79 Å². The normalized spacial score (nSPS) is 19.9. The monoisotopic (exact) mass is 391 g/mol. The molecular weight excluding hydrogens is 362 g/mol. The Kier molecular flexibility index (Phi) is 5.86. The van der Waals surface area contributed by atoms with Crippen molar-refractivity contribution in [3.05, 3.63) is 65.9 Å². The lowest BCUT2D eigenvalue weighted by molar-refractivity contribution is -0.122. The van der Waals surface area contributed by atoms with Crippen LogP contribution in [0.2, 0.25) is 0 Å². The highest BCUT2D eigenvalue weighted by atomic mass is 16.5. The Morgan fingerprint density at radius 1 is 1.21 bits per heavy atom. The van der Waals surface area contributed by atoms with E-state index in [4.69, 9.17) is 10.5 Å². The maximum atomic E-state index is 12.6. The number of aromatic nitrogens is 1. The lowest BCUT2D eigenvalue weighted by Gasteiger charge is -2.20. The predicted octanol–water partition coefficient (Wildman–Crippen LogP) is 3.94. The Morgan fingerprint density at radius 2 is 2.00 bits per heavy atom. The van der Waals surface area contributed by atoms with Crippen LogP contribution in [0.4, 0.5) is 0 Å². The molecule has 3 aromatic rings. The largest absolute Gasteiger partial charge is 0.497 e. The van der Waals surface area contributed by atoms with E-state index in [1.807, 2.05) is 24.3 Å². The highest BCUT2D eigenvalue weighted by Gasteiger charge is 2.26. The fraction of sp³-hybridized carbons (Fsp3) is 0.375. The molecule has 1 saturated carbocycles. The molecule has 1 aliphatic rings. The third-order valence-electron chi connectivity index (χ3n) is 6.18. The molecule has 1 amide bonds. The number of carbonyl (C=O) groups is 1. The molecule has 152 valence electrons. The summed E-state index contributed by atoms with van der Waals surface area (Å²) in [7, 11) is 1.67. The topological polar surface area (TPSA) is 80.1 Å². The summed E-state index contributed by atoms with van der Waals surface area (Å²) in [5.41, 5.74) is 9.58. The summed E-state index contributed by atoms with van der Waals surface area (Å²) in [5, 5.41) is 4.35. The van der Waals surface area contributed by atoms with E-state index in [0.29, 0.717) is 18.9 Å². The molecule has 5 nitrogen and oxygen atoms in total. The van der Waals surface area contributed by atoms with Crippen LogP contribution in [0, 0.1) is 5.92 Å². The third kappa shape index (κ3) is 4.30. The van der Waals surface area contributed by atoms with Gasteiger partial charge in [0.2, 0.25) is 5.91 Å². The summed E-state index contributed by atoms with van der Waals surface area (Å²) in [5.74, 6) is 1.28. The van der Waals surface area contributed by atoms with Gasteiger partial charge < -0.3 is 20.8 Å². The van der Waals surface area contributed by atoms with Crippen molar-refractivity contribution in [1.82, 2.24) is 10.3 Å². The van der Waals surface area contributed by atoms with E-state index < -0.39 is 0 Å². The predicted molar refractivity (Wildman–Crippen MR) is 116 cm³/mol. The highest BCUT2D eigenvalue weighted by Crippen LogP contribution is 2.32. The SMILES string of the molecule is COc1ccc(C(CNC(=O)C[C@@H]2CCC[C@H]2N)c2c[nH]c3ccccc23)cc1. The van der Waals surface area contributed by atoms with Gasteiger partial charge in [-0.15, -0.1) is 0 Å². The number of para-hydroxylation sites is 1. The fourth-order valence-corrected chi connectivity index (χ4v) is 4.47. The standard InChI is InChI=1S/C24H29N3O2/c1-29-18-11-9-16(10-12-18)20(21-15-26-23-8-3-2-6-19(21)23)14-27-24(28)13-17-5-4-7-22(17)25/h2-3,6,8-12,15,17,20,22,26H,4-5,7,13-14,25H2,1H3,(H,27,28)/t17-,20?,22+/m0/s1. The van der Waals surface area contributed by atoms with Gasteiger partial charge in [0.05, 0.1) is 7.11 Å². The zero-order chi connectivity index (χ0) is 20.2. The average molecular weight is 392 g/mol. The number of rotatable bonds is 7. The summed E-state index contributed by atoms with van der Waals surface area (Å²) < 4.78 is 5.30. The summed E-state index contributed by atoms with van der Waals surface area (Å²) in [6.45, 7) is 0.551.